The zero-order chi connectivity index (χ0) is 15.6. The van der Waals surface area contributed by atoms with Gasteiger partial charge in [0.2, 0.25) is 0 Å². The van der Waals surface area contributed by atoms with E-state index in [0.29, 0.717) is 0 Å². The van der Waals surface area contributed by atoms with Crippen LogP contribution in [0.2, 0.25) is 0 Å². The van der Waals surface area contributed by atoms with Crippen LogP contribution in [0.4, 0.5) is 5.82 Å². The van der Waals surface area contributed by atoms with Gasteiger partial charge < -0.3 is 9.80 Å². The van der Waals surface area contributed by atoms with Crippen LogP contribution in [0, 0.1) is 0 Å². The topological polar surface area (TPSA) is 37.2 Å². The summed E-state index contributed by atoms with van der Waals surface area (Å²) in [6.07, 6.45) is 3.62. The maximum atomic E-state index is 4.89. The Balaban J connectivity index is 1.75. The minimum Gasteiger partial charge on any atom is -0.353 e. The zero-order valence-corrected chi connectivity index (χ0v) is 13.9. The van der Waals surface area contributed by atoms with Crippen molar-refractivity contribution in [2.45, 2.75) is 0 Å². The van der Waals surface area contributed by atoms with E-state index >= 15 is 0 Å². The lowest BCUT2D eigenvalue weighted by molar-refractivity contribution is 0.312. The van der Waals surface area contributed by atoms with Gasteiger partial charge in [0.15, 0.2) is 5.82 Å². The third kappa shape index (κ3) is 2.87. The van der Waals surface area contributed by atoms with E-state index in [1.165, 1.54) is 4.88 Å². The molecule has 0 aromatic carbocycles. The molecule has 23 heavy (non-hydrogen) atoms. The molecule has 0 radical (unpaired) electrons. The Morgan fingerprint density at radius 3 is 2.52 bits per heavy atom. The number of hydrogen-bond acceptors (Lipinski definition) is 5. The molecule has 0 saturated carbocycles. The van der Waals surface area contributed by atoms with E-state index in [1.54, 1.807) is 11.3 Å². The summed E-state index contributed by atoms with van der Waals surface area (Å²) in [5.41, 5.74) is 2.18. The first-order valence-electron chi connectivity index (χ1n) is 7.79. The maximum Gasteiger partial charge on any atom is 0.151 e. The predicted octanol–water partition coefficient (Wildman–Crippen LogP) is 2.75. The summed E-state index contributed by atoms with van der Waals surface area (Å²) in [6.45, 7) is 4.20. The third-order valence-corrected chi connectivity index (χ3v) is 5.10. The molecule has 0 spiro atoms. The summed E-state index contributed by atoms with van der Waals surface area (Å²) in [6, 6.07) is 10.4. The van der Waals surface area contributed by atoms with E-state index in [2.05, 4.69) is 45.4 Å². The van der Waals surface area contributed by atoms with E-state index in [4.69, 9.17) is 5.10 Å². The third-order valence-electron chi connectivity index (χ3n) is 4.20. The van der Waals surface area contributed by atoms with Gasteiger partial charge in [0.1, 0.15) is 0 Å². The number of piperazine rings is 1. The van der Waals surface area contributed by atoms with Gasteiger partial charge in [0.05, 0.1) is 16.3 Å². The first-order valence-corrected chi connectivity index (χ1v) is 8.67. The molecule has 4 rings (SSSR count). The van der Waals surface area contributed by atoms with Gasteiger partial charge in [-0.1, -0.05) is 6.07 Å². The second-order valence-electron chi connectivity index (χ2n) is 5.77. The van der Waals surface area contributed by atoms with Gasteiger partial charge in [-0.15, -0.1) is 16.4 Å². The van der Waals surface area contributed by atoms with E-state index in [9.17, 15) is 0 Å². The fraction of sp³-hybridized carbons (Fsp3) is 0.294. The molecule has 6 heteroatoms. The molecule has 0 atom stereocenters. The van der Waals surface area contributed by atoms with Crippen molar-refractivity contribution in [3.8, 4) is 16.3 Å². The van der Waals surface area contributed by atoms with Crippen LogP contribution in [-0.4, -0.2) is 52.9 Å². The summed E-state index contributed by atoms with van der Waals surface area (Å²) in [4.78, 5) is 10.1. The Morgan fingerprint density at radius 2 is 1.83 bits per heavy atom. The molecule has 0 bridgehead atoms. The van der Waals surface area contributed by atoms with E-state index in [1.807, 2.05) is 29.2 Å². The molecule has 3 aromatic heterocycles. The number of pyridine rings is 1. The van der Waals surface area contributed by atoms with Crippen LogP contribution in [0.15, 0.2) is 48.1 Å². The molecule has 118 valence electrons. The first-order chi connectivity index (χ1) is 11.3. The number of thiophene rings is 1. The average molecular weight is 325 g/mol. The van der Waals surface area contributed by atoms with E-state index in [-0.39, 0.29) is 0 Å². The van der Waals surface area contributed by atoms with Gasteiger partial charge in [-0.25, -0.2) is 4.68 Å². The molecular weight excluding hydrogens is 306 g/mol. The fourth-order valence-electron chi connectivity index (χ4n) is 2.84. The van der Waals surface area contributed by atoms with E-state index in [0.717, 1.165) is 43.4 Å². The number of nitrogens with zero attached hydrogens (tertiary/aromatic N) is 5. The van der Waals surface area contributed by atoms with Crippen molar-refractivity contribution in [2.24, 2.45) is 0 Å². The molecule has 1 aliphatic rings. The normalized spacial score (nSPS) is 16.0. The second-order valence-corrected chi connectivity index (χ2v) is 6.72. The van der Waals surface area contributed by atoms with Gasteiger partial charge in [0.25, 0.3) is 0 Å². The number of likely N-dealkylation sites (N-methyl/N-ethyl adjacent to an activating group) is 1. The maximum absolute atomic E-state index is 4.89. The molecule has 0 N–H and O–H groups in total. The van der Waals surface area contributed by atoms with Crippen LogP contribution in [0.25, 0.3) is 16.3 Å². The fourth-order valence-corrected chi connectivity index (χ4v) is 3.57. The van der Waals surface area contributed by atoms with Gasteiger partial charge in [-0.2, -0.15) is 0 Å². The molecule has 0 unspecified atom stereocenters. The summed E-state index contributed by atoms with van der Waals surface area (Å²) >= 11 is 1.74. The molecule has 1 aliphatic heterocycles. The standard InChI is InChI=1S/C17H19N5S/c1-20-8-10-21(11-9-20)17-13-15(16-3-2-12-23-16)22(19-17)14-4-6-18-7-5-14/h2-7,12-13H,8-11H2,1H3. The quantitative estimate of drug-likeness (QED) is 0.742. The Kier molecular flexibility index (Phi) is 3.85. The Morgan fingerprint density at radius 1 is 1.04 bits per heavy atom. The predicted molar refractivity (Wildman–Crippen MR) is 94.4 cm³/mol. The number of aromatic nitrogens is 3. The number of rotatable bonds is 3. The van der Waals surface area contributed by atoms with E-state index < -0.39 is 0 Å². The Hall–Kier alpha value is -2.18. The monoisotopic (exact) mass is 325 g/mol. The molecule has 4 heterocycles. The second kappa shape index (κ2) is 6.14. The van der Waals surface area contributed by atoms with Crippen molar-refractivity contribution < 1.29 is 0 Å². The first kappa shape index (κ1) is 14.4. The van der Waals surface area contributed by atoms with Crippen LogP contribution >= 0.6 is 11.3 Å². The lowest BCUT2D eigenvalue weighted by Crippen LogP contribution is -2.44. The highest BCUT2D eigenvalue weighted by Crippen LogP contribution is 2.30. The highest BCUT2D eigenvalue weighted by Gasteiger charge is 2.20. The van der Waals surface area contributed by atoms with Gasteiger partial charge in [0, 0.05) is 44.6 Å². The molecule has 0 aliphatic carbocycles. The molecule has 5 nitrogen and oxygen atoms in total. The van der Waals surface area contributed by atoms with Gasteiger partial charge >= 0.3 is 0 Å². The lowest BCUT2D eigenvalue weighted by Gasteiger charge is -2.32. The zero-order valence-electron chi connectivity index (χ0n) is 13.1. The van der Waals surface area contributed by atoms with Gasteiger partial charge in [-0.3, -0.25) is 4.98 Å². The van der Waals surface area contributed by atoms with Crippen molar-refractivity contribution >= 4 is 17.2 Å². The highest BCUT2D eigenvalue weighted by atomic mass is 32.1. The van der Waals surface area contributed by atoms with Crippen LogP contribution in [0.1, 0.15) is 0 Å². The number of anilines is 1. The van der Waals surface area contributed by atoms with Crippen molar-refractivity contribution in [1.82, 2.24) is 19.7 Å². The summed E-state index contributed by atoms with van der Waals surface area (Å²) in [5.74, 6) is 1.05. The van der Waals surface area contributed by atoms with Crippen molar-refractivity contribution in [1.29, 1.82) is 0 Å². The Bertz CT molecular complexity index is 758. The molecule has 3 aromatic rings. The molecule has 1 fully saturated rings. The van der Waals surface area contributed by atoms with Crippen molar-refractivity contribution in [3.63, 3.8) is 0 Å². The smallest absolute Gasteiger partial charge is 0.151 e. The molecule has 0 amide bonds. The minimum absolute atomic E-state index is 1.02. The summed E-state index contributed by atoms with van der Waals surface area (Å²) in [7, 11) is 2.17. The van der Waals surface area contributed by atoms with Crippen LogP contribution in [0.3, 0.4) is 0 Å². The van der Waals surface area contributed by atoms with Crippen LogP contribution < -0.4 is 4.90 Å². The highest BCUT2D eigenvalue weighted by molar-refractivity contribution is 7.13. The summed E-state index contributed by atoms with van der Waals surface area (Å²) in [5, 5.41) is 6.99. The van der Waals surface area contributed by atoms with Crippen molar-refractivity contribution in [3.05, 3.63) is 48.1 Å². The Labute approximate surface area is 139 Å². The van der Waals surface area contributed by atoms with Crippen molar-refractivity contribution in [2.75, 3.05) is 38.1 Å². The lowest BCUT2D eigenvalue weighted by atomic mass is 10.3. The largest absolute Gasteiger partial charge is 0.353 e. The van der Waals surface area contributed by atoms with Gasteiger partial charge in [-0.05, 0) is 30.6 Å². The molecule has 1 saturated heterocycles. The van der Waals surface area contributed by atoms with Crippen LogP contribution in [-0.2, 0) is 0 Å². The minimum atomic E-state index is 1.02. The van der Waals surface area contributed by atoms with Crippen LogP contribution in [0.5, 0.6) is 0 Å². The molecular formula is C17H19N5S. The summed E-state index contributed by atoms with van der Waals surface area (Å²) < 4.78 is 2.03. The number of hydrogen-bond donors (Lipinski definition) is 0. The average Bonchev–Trinajstić information content (AvgIpc) is 3.26. The SMILES string of the molecule is CN1CCN(c2cc(-c3cccs3)n(-c3ccncc3)n2)CC1.